The number of anilines is 1. The Kier molecular flexibility index (Phi) is 10.6. The maximum Gasteiger partial charge on any atom is 0.242 e. The van der Waals surface area contributed by atoms with Gasteiger partial charge < -0.3 is 15.0 Å². The maximum atomic E-state index is 13.3. The van der Waals surface area contributed by atoms with E-state index in [1.54, 1.807) is 36.1 Å². The van der Waals surface area contributed by atoms with Gasteiger partial charge >= 0.3 is 0 Å². The molecule has 0 fully saturated rings. The molecule has 0 saturated carbocycles. The van der Waals surface area contributed by atoms with Gasteiger partial charge in [0.1, 0.15) is 11.8 Å². The van der Waals surface area contributed by atoms with E-state index in [2.05, 4.69) is 5.32 Å². The van der Waals surface area contributed by atoms with Crippen molar-refractivity contribution in [2.45, 2.75) is 58.7 Å². The van der Waals surface area contributed by atoms with Crippen molar-refractivity contribution in [3.05, 3.63) is 60.2 Å². The minimum absolute atomic E-state index is 0.00259. The molecule has 1 N–H and O–H groups in total. The number of hydrogen-bond acceptors (Lipinski definition) is 5. The summed E-state index contributed by atoms with van der Waals surface area (Å²) in [4.78, 5) is 27.7. The molecule has 2 rings (SSSR count). The van der Waals surface area contributed by atoms with Crippen molar-refractivity contribution in [2.75, 3.05) is 24.2 Å². The molecule has 0 heterocycles. The van der Waals surface area contributed by atoms with Crippen LogP contribution in [0.15, 0.2) is 54.6 Å². The van der Waals surface area contributed by atoms with Crippen molar-refractivity contribution in [1.29, 1.82) is 0 Å². The van der Waals surface area contributed by atoms with Gasteiger partial charge in [-0.05, 0) is 44.4 Å². The Bertz CT molecular complexity index is 1080. The minimum atomic E-state index is -3.60. The van der Waals surface area contributed by atoms with E-state index in [0.717, 1.165) is 18.2 Å². The van der Waals surface area contributed by atoms with Crippen LogP contribution in [0.5, 0.6) is 5.75 Å². The fourth-order valence-corrected chi connectivity index (χ4v) is 4.62. The molecular weight excluding hydrogens is 466 g/mol. The van der Waals surface area contributed by atoms with Gasteiger partial charge in [-0.3, -0.25) is 13.9 Å². The predicted molar refractivity (Wildman–Crippen MR) is 139 cm³/mol. The number of para-hydroxylation sites is 2. The highest BCUT2D eigenvalue weighted by Crippen LogP contribution is 2.29. The number of carbonyl (C=O) groups excluding carboxylic acids is 2. The molecule has 2 aromatic rings. The average molecular weight is 504 g/mol. The molecule has 0 bridgehead atoms. The van der Waals surface area contributed by atoms with Crippen molar-refractivity contribution < 1.29 is 22.7 Å². The second kappa shape index (κ2) is 13.1. The molecule has 2 amide bonds. The summed E-state index contributed by atoms with van der Waals surface area (Å²) in [5.41, 5.74) is 1.34. The summed E-state index contributed by atoms with van der Waals surface area (Å²) >= 11 is 0. The Labute approximate surface area is 209 Å². The molecular formula is C26H37N3O5S. The number of nitrogens with zero attached hydrogens (tertiary/aromatic N) is 2. The summed E-state index contributed by atoms with van der Waals surface area (Å²) in [7, 11) is -2.12. The lowest BCUT2D eigenvalue weighted by Crippen LogP contribution is -2.49. The fraction of sp³-hybridized carbons (Fsp3) is 0.462. The quantitative estimate of drug-likeness (QED) is 0.451. The first-order valence-corrected chi connectivity index (χ1v) is 13.7. The van der Waals surface area contributed by atoms with Crippen molar-refractivity contribution in [3.63, 3.8) is 0 Å². The summed E-state index contributed by atoms with van der Waals surface area (Å²) in [5, 5.41) is 2.94. The van der Waals surface area contributed by atoms with Crippen LogP contribution in [0.3, 0.4) is 0 Å². The smallest absolute Gasteiger partial charge is 0.242 e. The van der Waals surface area contributed by atoms with Crippen LogP contribution < -0.4 is 14.4 Å². The van der Waals surface area contributed by atoms with Crippen LogP contribution in [0.2, 0.25) is 0 Å². The van der Waals surface area contributed by atoms with Crippen LogP contribution in [0.1, 0.15) is 45.6 Å². The van der Waals surface area contributed by atoms with E-state index in [4.69, 9.17) is 4.74 Å². The molecule has 192 valence electrons. The number of carbonyl (C=O) groups is 2. The van der Waals surface area contributed by atoms with Crippen LogP contribution in [0, 0.1) is 0 Å². The van der Waals surface area contributed by atoms with Crippen LogP contribution >= 0.6 is 0 Å². The van der Waals surface area contributed by atoms with Crippen molar-refractivity contribution in [1.82, 2.24) is 10.2 Å². The Hall–Kier alpha value is -3.07. The van der Waals surface area contributed by atoms with Gasteiger partial charge in [0.15, 0.2) is 0 Å². The third-order valence-electron chi connectivity index (χ3n) is 5.87. The topological polar surface area (TPSA) is 96.0 Å². The molecule has 0 unspecified atom stereocenters. The van der Waals surface area contributed by atoms with Gasteiger partial charge in [-0.25, -0.2) is 8.42 Å². The Morgan fingerprint density at radius 3 is 2.26 bits per heavy atom. The first kappa shape index (κ1) is 28.2. The van der Waals surface area contributed by atoms with Gasteiger partial charge in [0, 0.05) is 25.6 Å². The van der Waals surface area contributed by atoms with Crippen molar-refractivity contribution in [3.8, 4) is 5.75 Å². The average Bonchev–Trinajstić information content (AvgIpc) is 2.84. The van der Waals surface area contributed by atoms with Crippen molar-refractivity contribution >= 4 is 27.5 Å². The third-order valence-corrected chi connectivity index (χ3v) is 7.05. The van der Waals surface area contributed by atoms with Gasteiger partial charge in [0.2, 0.25) is 21.8 Å². The Morgan fingerprint density at radius 1 is 1.03 bits per heavy atom. The Balaban J connectivity index is 2.17. The largest absolute Gasteiger partial charge is 0.495 e. The summed E-state index contributed by atoms with van der Waals surface area (Å²) < 4.78 is 31.6. The number of ether oxygens (including phenoxy) is 1. The van der Waals surface area contributed by atoms with Gasteiger partial charge in [0.05, 0.1) is 19.1 Å². The third kappa shape index (κ3) is 8.28. The normalized spacial score (nSPS) is 12.9. The first-order chi connectivity index (χ1) is 16.6. The van der Waals surface area contributed by atoms with E-state index in [0.29, 0.717) is 11.4 Å². The molecule has 0 aliphatic carbocycles. The fourth-order valence-electron chi connectivity index (χ4n) is 3.65. The summed E-state index contributed by atoms with van der Waals surface area (Å²) in [6, 6.07) is 15.7. The highest BCUT2D eigenvalue weighted by atomic mass is 32.2. The number of nitrogens with one attached hydrogen (secondary N) is 1. The minimum Gasteiger partial charge on any atom is -0.495 e. The predicted octanol–water partition coefficient (Wildman–Crippen LogP) is 3.57. The zero-order valence-corrected chi connectivity index (χ0v) is 22.0. The first-order valence-electron chi connectivity index (χ1n) is 11.8. The van der Waals surface area contributed by atoms with Crippen LogP contribution in [0.25, 0.3) is 0 Å². The second-order valence-corrected chi connectivity index (χ2v) is 10.5. The zero-order valence-electron chi connectivity index (χ0n) is 21.2. The van der Waals surface area contributed by atoms with Crippen LogP contribution in [0.4, 0.5) is 5.69 Å². The summed E-state index contributed by atoms with van der Waals surface area (Å²) in [6.45, 7) is 6.02. The molecule has 2 atom stereocenters. The van der Waals surface area contributed by atoms with Gasteiger partial charge in [-0.1, -0.05) is 49.4 Å². The Morgan fingerprint density at radius 2 is 1.66 bits per heavy atom. The molecule has 35 heavy (non-hydrogen) atoms. The van der Waals surface area contributed by atoms with E-state index in [1.165, 1.54) is 11.4 Å². The molecule has 0 spiro atoms. The summed E-state index contributed by atoms with van der Waals surface area (Å²) in [5.74, 6) is 0.00911. The molecule has 0 aromatic heterocycles. The lowest BCUT2D eigenvalue weighted by atomic mass is 10.1. The molecule has 0 aliphatic rings. The number of rotatable bonds is 13. The molecule has 9 heteroatoms. The second-order valence-electron chi connectivity index (χ2n) is 8.61. The van der Waals surface area contributed by atoms with E-state index in [9.17, 15) is 18.0 Å². The number of benzene rings is 2. The van der Waals surface area contributed by atoms with E-state index in [-0.39, 0.29) is 43.8 Å². The highest BCUT2D eigenvalue weighted by molar-refractivity contribution is 7.92. The molecule has 8 nitrogen and oxygen atoms in total. The highest BCUT2D eigenvalue weighted by Gasteiger charge is 2.27. The van der Waals surface area contributed by atoms with Crippen LogP contribution in [-0.2, 0) is 26.2 Å². The number of amides is 2. The van der Waals surface area contributed by atoms with E-state index in [1.807, 2.05) is 44.2 Å². The van der Waals surface area contributed by atoms with E-state index >= 15 is 0 Å². The molecule has 2 aromatic carbocycles. The number of sulfonamides is 1. The standard InChI is InChI=1S/C26H37N3O5S/c1-6-20(2)27-26(31)21(3)28(19-22-13-8-7-9-14-22)25(30)17-12-18-29(35(5,32)33)23-15-10-11-16-24(23)34-4/h7-11,13-16,20-21H,6,12,17-19H2,1-5H3,(H,27,31)/t20-,21-/m0/s1. The zero-order chi connectivity index (χ0) is 26.0. The lowest BCUT2D eigenvalue weighted by molar-refractivity contribution is -0.140. The van der Waals surface area contributed by atoms with Crippen LogP contribution in [-0.4, -0.2) is 57.1 Å². The lowest BCUT2D eigenvalue weighted by Gasteiger charge is -2.30. The van der Waals surface area contributed by atoms with Gasteiger partial charge in [-0.2, -0.15) is 0 Å². The summed E-state index contributed by atoms with van der Waals surface area (Å²) in [6.07, 6.45) is 2.30. The SMILES string of the molecule is CC[C@H](C)NC(=O)[C@H](C)N(Cc1ccccc1)C(=O)CCCN(c1ccccc1OC)S(C)(=O)=O. The molecule has 0 aliphatic heterocycles. The van der Waals surface area contributed by atoms with Gasteiger partial charge in [-0.15, -0.1) is 0 Å². The molecule has 0 radical (unpaired) electrons. The van der Waals surface area contributed by atoms with Gasteiger partial charge in [0.25, 0.3) is 0 Å². The molecule has 0 saturated heterocycles. The van der Waals surface area contributed by atoms with E-state index < -0.39 is 16.1 Å². The number of hydrogen-bond donors (Lipinski definition) is 1. The maximum absolute atomic E-state index is 13.3. The number of methoxy groups -OCH3 is 1. The van der Waals surface area contributed by atoms with Crippen molar-refractivity contribution in [2.24, 2.45) is 0 Å². The monoisotopic (exact) mass is 503 g/mol.